The van der Waals surface area contributed by atoms with E-state index in [1.807, 2.05) is 26.1 Å². The third-order valence-corrected chi connectivity index (χ3v) is 3.30. The second kappa shape index (κ2) is 4.78. The Morgan fingerprint density at radius 3 is 2.76 bits per heavy atom. The first-order valence-corrected chi connectivity index (χ1v) is 6.45. The number of nitrogens with zero attached hydrogens (tertiary/aromatic N) is 2. The fourth-order valence-corrected chi connectivity index (χ4v) is 2.46. The minimum atomic E-state index is 0.120. The Morgan fingerprint density at radius 2 is 2.00 bits per heavy atom. The summed E-state index contributed by atoms with van der Waals surface area (Å²) < 4.78 is 3.94. The van der Waals surface area contributed by atoms with E-state index in [1.165, 1.54) is 18.5 Å². The summed E-state index contributed by atoms with van der Waals surface area (Å²) in [6.07, 6.45) is 5.44. The van der Waals surface area contributed by atoms with Crippen LogP contribution in [0.15, 0.2) is 23.1 Å². The molecule has 1 aliphatic heterocycles. The number of hydrogen-bond donors (Lipinski definition) is 0. The van der Waals surface area contributed by atoms with Crippen molar-refractivity contribution in [2.24, 2.45) is 7.05 Å². The molecule has 2 aromatic heterocycles. The Labute approximate surface area is 102 Å². The molecule has 0 spiro atoms. The predicted molar refractivity (Wildman–Crippen MR) is 71.5 cm³/mol. The Morgan fingerprint density at radius 1 is 1.24 bits per heavy atom. The van der Waals surface area contributed by atoms with Gasteiger partial charge in [0.1, 0.15) is 0 Å². The van der Waals surface area contributed by atoms with Crippen LogP contribution in [-0.2, 0) is 20.0 Å². The van der Waals surface area contributed by atoms with Gasteiger partial charge in [-0.25, -0.2) is 0 Å². The van der Waals surface area contributed by atoms with E-state index >= 15 is 0 Å². The summed E-state index contributed by atoms with van der Waals surface area (Å²) in [6.45, 7) is 5.06. The standard InChI is InChI=1S/C12H14N2O.C2H6/c1-13-7-5-11-10(12(13)15)8-9-4-2-3-6-14(9)11;1-2/h5,7-8H,2-4,6H2,1H3;1-2H3. The topological polar surface area (TPSA) is 26.9 Å². The number of pyridine rings is 1. The summed E-state index contributed by atoms with van der Waals surface area (Å²) in [5.74, 6) is 0. The summed E-state index contributed by atoms with van der Waals surface area (Å²) in [6, 6.07) is 4.11. The molecular formula is C14H20N2O. The maximum atomic E-state index is 11.9. The van der Waals surface area contributed by atoms with Gasteiger partial charge in [-0.2, -0.15) is 0 Å². The fraction of sp³-hybridized carbons (Fsp3) is 0.500. The monoisotopic (exact) mass is 232 g/mol. The van der Waals surface area contributed by atoms with E-state index < -0.39 is 0 Å². The second-order valence-corrected chi connectivity index (χ2v) is 4.28. The highest BCUT2D eigenvalue weighted by Gasteiger charge is 2.14. The van der Waals surface area contributed by atoms with Crippen LogP contribution < -0.4 is 5.56 Å². The molecule has 3 heteroatoms. The van der Waals surface area contributed by atoms with Gasteiger partial charge in [0.05, 0.1) is 10.9 Å². The summed E-state index contributed by atoms with van der Waals surface area (Å²) in [4.78, 5) is 11.9. The first kappa shape index (κ1) is 12.0. The van der Waals surface area contributed by atoms with Crippen LogP contribution in [0.3, 0.4) is 0 Å². The van der Waals surface area contributed by atoms with Crippen LogP contribution in [0.1, 0.15) is 32.4 Å². The molecule has 0 aliphatic carbocycles. The van der Waals surface area contributed by atoms with Crippen molar-refractivity contribution in [2.75, 3.05) is 0 Å². The molecule has 2 aromatic rings. The zero-order valence-electron chi connectivity index (χ0n) is 10.9. The average Bonchev–Trinajstić information content (AvgIpc) is 2.76. The summed E-state index contributed by atoms with van der Waals surface area (Å²) in [5.41, 5.74) is 2.54. The molecule has 92 valence electrons. The maximum absolute atomic E-state index is 11.9. The Hall–Kier alpha value is -1.51. The van der Waals surface area contributed by atoms with Crippen molar-refractivity contribution in [3.05, 3.63) is 34.4 Å². The van der Waals surface area contributed by atoms with E-state index in [-0.39, 0.29) is 5.56 Å². The van der Waals surface area contributed by atoms with Crippen molar-refractivity contribution in [3.8, 4) is 0 Å². The molecule has 0 radical (unpaired) electrons. The van der Waals surface area contributed by atoms with E-state index in [1.54, 1.807) is 11.6 Å². The Balaban J connectivity index is 0.000000514. The van der Waals surface area contributed by atoms with Gasteiger partial charge in [-0.15, -0.1) is 0 Å². The molecule has 3 heterocycles. The highest BCUT2D eigenvalue weighted by atomic mass is 16.1. The zero-order chi connectivity index (χ0) is 12.4. The van der Waals surface area contributed by atoms with Gasteiger partial charge in [0.2, 0.25) is 0 Å². The average molecular weight is 232 g/mol. The van der Waals surface area contributed by atoms with Crippen LogP contribution >= 0.6 is 0 Å². The fourth-order valence-electron chi connectivity index (χ4n) is 2.46. The quantitative estimate of drug-likeness (QED) is 0.686. The SMILES string of the molecule is CC.Cn1ccc2c(cc3n2CCCC3)c1=O. The molecular weight excluding hydrogens is 212 g/mol. The zero-order valence-corrected chi connectivity index (χ0v) is 10.9. The lowest BCUT2D eigenvalue weighted by Gasteiger charge is -2.15. The van der Waals surface area contributed by atoms with E-state index in [0.717, 1.165) is 23.9 Å². The molecule has 17 heavy (non-hydrogen) atoms. The van der Waals surface area contributed by atoms with E-state index in [0.29, 0.717) is 0 Å². The molecule has 0 fully saturated rings. The van der Waals surface area contributed by atoms with Crippen LogP contribution in [-0.4, -0.2) is 9.13 Å². The molecule has 0 aromatic carbocycles. The normalized spacial score (nSPS) is 14.1. The minimum absolute atomic E-state index is 0.120. The van der Waals surface area contributed by atoms with Crippen LogP contribution in [0.4, 0.5) is 0 Å². The van der Waals surface area contributed by atoms with Crippen molar-refractivity contribution >= 4 is 10.9 Å². The number of rotatable bonds is 0. The molecule has 3 nitrogen and oxygen atoms in total. The van der Waals surface area contributed by atoms with Crippen molar-refractivity contribution in [1.82, 2.24) is 9.13 Å². The smallest absolute Gasteiger partial charge is 0.259 e. The second-order valence-electron chi connectivity index (χ2n) is 4.28. The minimum Gasteiger partial charge on any atom is -0.344 e. The summed E-state index contributed by atoms with van der Waals surface area (Å²) in [7, 11) is 1.80. The van der Waals surface area contributed by atoms with Gasteiger partial charge >= 0.3 is 0 Å². The van der Waals surface area contributed by atoms with Gasteiger partial charge in [-0.1, -0.05) is 13.8 Å². The van der Waals surface area contributed by atoms with Crippen molar-refractivity contribution in [1.29, 1.82) is 0 Å². The molecule has 0 amide bonds. The molecule has 0 N–H and O–H groups in total. The highest BCUT2D eigenvalue weighted by Crippen LogP contribution is 2.22. The first-order valence-electron chi connectivity index (χ1n) is 6.45. The number of fused-ring (bicyclic) bond motifs is 3. The van der Waals surface area contributed by atoms with Gasteiger partial charge in [0.15, 0.2) is 0 Å². The van der Waals surface area contributed by atoms with E-state index in [4.69, 9.17) is 0 Å². The van der Waals surface area contributed by atoms with Gasteiger partial charge in [-0.3, -0.25) is 4.79 Å². The number of aryl methyl sites for hydroxylation is 3. The third kappa shape index (κ3) is 1.90. The Kier molecular flexibility index (Phi) is 3.36. The Bertz CT molecular complexity index is 578. The van der Waals surface area contributed by atoms with Crippen molar-refractivity contribution in [3.63, 3.8) is 0 Å². The van der Waals surface area contributed by atoms with Crippen molar-refractivity contribution in [2.45, 2.75) is 39.7 Å². The molecule has 1 aliphatic rings. The molecule has 0 bridgehead atoms. The molecule has 0 saturated heterocycles. The molecule has 3 rings (SSSR count). The lowest BCUT2D eigenvalue weighted by atomic mass is 10.1. The van der Waals surface area contributed by atoms with E-state index in [2.05, 4.69) is 10.6 Å². The van der Waals surface area contributed by atoms with Gasteiger partial charge in [-0.05, 0) is 31.4 Å². The third-order valence-electron chi connectivity index (χ3n) is 3.30. The molecule has 0 saturated carbocycles. The van der Waals surface area contributed by atoms with E-state index in [9.17, 15) is 4.79 Å². The van der Waals surface area contributed by atoms with Crippen LogP contribution in [0.5, 0.6) is 0 Å². The summed E-state index contributed by atoms with van der Waals surface area (Å²) in [5, 5.41) is 0.872. The first-order chi connectivity index (χ1) is 8.27. The van der Waals surface area contributed by atoms with Gasteiger partial charge in [0.25, 0.3) is 5.56 Å². The highest BCUT2D eigenvalue weighted by molar-refractivity contribution is 5.80. The molecule has 0 atom stereocenters. The lowest BCUT2D eigenvalue weighted by molar-refractivity contribution is 0.545. The predicted octanol–water partition coefficient (Wildman–Crippen LogP) is 2.70. The van der Waals surface area contributed by atoms with Crippen molar-refractivity contribution < 1.29 is 0 Å². The lowest BCUT2D eigenvalue weighted by Crippen LogP contribution is -2.15. The number of hydrogen-bond acceptors (Lipinski definition) is 1. The molecule has 0 unspecified atom stereocenters. The summed E-state index contributed by atoms with van der Waals surface area (Å²) >= 11 is 0. The van der Waals surface area contributed by atoms with Crippen LogP contribution in [0.2, 0.25) is 0 Å². The van der Waals surface area contributed by atoms with Crippen LogP contribution in [0, 0.1) is 0 Å². The van der Waals surface area contributed by atoms with Gasteiger partial charge in [0, 0.05) is 25.5 Å². The van der Waals surface area contributed by atoms with Gasteiger partial charge < -0.3 is 9.13 Å². The largest absolute Gasteiger partial charge is 0.344 e. The maximum Gasteiger partial charge on any atom is 0.259 e. The van der Waals surface area contributed by atoms with Crippen LogP contribution in [0.25, 0.3) is 10.9 Å². The number of aromatic nitrogens is 2.